The molecule has 2 aromatic heterocycles. The summed E-state index contributed by atoms with van der Waals surface area (Å²) >= 11 is 6.16. The number of hydrogen-bond donors (Lipinski definition) is 3. The molecule has 170 valence electrons. The van der Waals surface area contributed by atoms with Crippen LogP contribution >= 0.6 is 11.6 Å². The smallest absolute Gasteiger partial charge is 0.265 e. The number of hydrogen-bond acceptors (Lipinski definition) is 7. The average Bonchev–Trinajstić information content (AvgIpc) is 3.38. The minimum atomic E-state index is -0.259. The highest BCUT2D eigenvalue weighted by atomic mass is 35.5. The van der Waals surface area contributed by atoms with Gasteiger partial charge in [-0.2, -0.15) is 10.1 Å². The Hall–Kier alpha value is -3.85. The number of nitrogens with zero attached hydrogens (tertiary/aromatic N) is 4. The molecule has 4 aromatic rings. The van der Waals surface area contributed by atoms with Gasteiger partial charge in [-0.15, -0.1) is 0 Å². The third kappa shape index (κ3) is 4.83. The Labute approximate surface area is 195 Å². The summed E-state index contributed by atoms with van der Waals surface area (Å²) in [5, 5.41) is 15.1. The lowest BCUT2D eigenvalue weighted by Crippen LogP contribution is -2.28. The molecule has 10 heteroatoms. The van der Waals surface area contributed by atoms with Gasteiger partial charge in [0.1, 0.15) is 17.9 Å². The Balaban J connectivity index is 1.56. The van der Waals surface area contributed by atoms with Crippen LogP contribution in [0.2, 0.25) is 5.02 Å². The molecule has 0 spiro atoms. The first-order valence-corrected chi connectivity index (χ1v) is 10.9. The van der Waals surface area contributed by atoms with Crippen molar-refractivity contribution in [3.63, 3.8) is 0 Å². The van der Waals surface area contributed by atoms with Crippen molar-refractivity contribution in [1.29, 1.82) is 0 Å². The third-order valence-electron chi connectivity index (χ3n) is 5.09. The van der Waals surface area contributed by atoms with E-state index in [1.165, 1.54) is 4.68 Å². The molecule has 0 aliphatic rings. The number of halogens is 1. The lowest BCUT2D eigenvalue weighted by Gasteiger charge is -2.08. The van der Waals surface area contributed by atoms with Crippen molar-refractivity contribution >= 4 is 29.1 Å². The zero-order valence-corrected chi connectivity index (χ0v) is 19.1. The van der Waals surface area contributed by atoms with E-state index in [4.69, 9.17) is 21.9 Å². The van der Waals surface area contributed by atoms with E-state index in [0.717, 1.165) is 16.7 Å². The average molecular weight is 466 g/mol. The first kappa shape index (κ1) is 22.3. The number of carbonyl (C=O) groups is 1. The molecular formula is C23H24ClN7O2. The van der Waals surface area contributed by atoms with Gasteiger partial charge in [-0.1, -0.05) is 59.2 Å². The van der Waals surface area contributed by atoms with Gasteiger partial charge in [-0.05, 0) is 31.0 Å². The Morgan fingerprint density at radius 2 is 1.94 bits per heavy atom. The normalized spacial score (nSPS) is 10.9. The molecule has 4 N–H and O–H groups in total. The summed E-state index contributed by atoms with van der Waals surface area (Å²) in [4.78, 5) is 17.1. The van der Waals surface area contributed by atoms with Crippen LogP contribution in [0.15, 0.2) is 53.1 Å². The molecule has 0 aliphatic carbocycles. The molecule has 0 fully saturated rings. The van der Waals surface area contributed by atoms with Gasteiger partial charge < -0.3 is 20.9 Å². The van der Waals surface area contributed by atoms with Crippen LogP contribution in [0.4, 0.5) is 11.6 Å². The molecule has 0 saturated carbocycles. The molecule has 0 atom stereocenters. The number of carbonyl (C=O) groups excluding carboxylic acids is 1. The fourth-order valence-electron chi connectivity index (χ4n) is 3.38. The number of anilines is 2. The van der Waals surface area contributed by atoms with Crippen molar-refractivity contribution < 1.29 is 9.32 Å². The molecule has 0 aliphatic heterocycles. The fraction of sp³-hybridized carbons (Fsp3) is 0.217. The van der Waals surface area contributed by atoms with E-state index in [2.05, 4.69) is 25.9 Å². The highest BCUT2D eigenvalue weighted by molar-refractivity contribution is 6.31. The maximum absolute atomic E-state index is 12.5. The second kappa shape index (κ2) is 9.74. The quantitative estimate of drug-likeness (QED) is 0.360. The summed E-state index contributed by atoms with van der Waals surface area (Å²) in [6, 6.07) is 15.1. The summed E-state index contributed by atoms with van der Waals surface area (Å²) in [6.45, 7) is 4.73. The van der Waals surface area contributed by atoms with E-state index in [9.17, 15) is 4.79 Å². The zero-order valence-electron chi connectivity index (χ0n) is 18.3. The third-order valence-corrected chi connectivity index (χ3v) is 5.46. The lowest BCUT2D eigenvalue weighted by molar-refractivity contribution is -0.121. The van der Waals surface area contributed by atoms with Crippen molar-refractivity contribution in [2.24, 2.45) is 0 Å². The highest BCUT2D eigenvalue weighted by Gasteiger charge is 2.24. The van der Waals surface area contributed by atoms with E-state index < -0.39 is 0 Å². The lowest BCUT2D eigenvalue weighted by atomic mass is 10.1. The summed E-state index contributed by atoms with van der Waals surface area (Å²) < 4.78 is 6.92. The number of nitrogens with two attached hydrogens (primary N) is 1. The number of aryl methyl sites for hydroxylation is 1. The fourth-order valence-corrected chi connectivity index (χ4v) is 3.59. The maximum Gasteiger partial charge on any atom is 0.265 e. The molecule has 0 saturated heterocycles. The van der Waals surface area contributed by atoms with Crippen LogP contribution in [0.5, 0.6) is 0 Å². The SMILES string of the molecule is CCNc1nn(CC(=O)NCc2ccccc2Cl)c(N)c1-c1nc(-c2ccccc2C)no1. The van der Waals surface area contributed by atoms with Crippen LogP contribution in [-0.4, -0.2) is 32.4 Å². The van der Waals surface area contributed by atoms with Crippen molar-refractivity contribution in [2.75, 3.05) is 17.6 Å². The molecule has 0 radical (unpaired) electrons. The van der Waals surface area contributed by atoms with Gasteiger partial charge in [-0.25, -0.2) is 4.68 Å². The number of amides is 1. The van der Waals surface area contributed by atoms with Gasteiger partial charge in [0.25, 0.3) is 5.89 Å². The Bertz CT molecular complexity index is 1280. The topological polar surface area (TPSA) is 124 Å². The largest absolute Gasteiger partial charge is 0.383 e. The zero-order chi connectivity index (χ0) is 23.4. The predicted molar refractivity (Wildman–Crippen MR) is 128 cm³/mol. The molecule has 9 nitrogen and oxygen atoms in total. The number of nitrogen functional groups attached to an aromatic ring is 1. The van der Waals surface area contributed by atoms with Crippen LogP contribution < -0.4 is 16.4 Å². The van der Waals surface area contributed by atoms with Crippen molar-refractivity contribution in [3.05, 3.63) is 64.7 Å². The van der Waals surface area contributed by atoms with Crippen molar-refractivity contribution in [2.45, 2.75) is 26.9 Å². The summed E-state index contributed by atoms with van der Waals surface area (Å²) in [5.41, 5.74) is 9.53. The number of nitrogens with one attached hydrogen (secondary N) is 2. The second-order valence-corrected chi connectivity index (χ2v) is 7.81. The molecule has 2 heterocycles. The molecule has 1 amide bonds. The van der Waals surface area contributed by atoms with Gasteiger partial charge in [0.2, 0.25) is 11.7 Å². The monoisotopic (exact) mass is 465 g/mol. The Morgan fingerprint density at radius 1 is 1.18 bits per heavy atom. The van der Waals surface area contributed by atoms with Gasteiger partial charge in [0, 0.05) is 23.7 Å². The van der Waals surface area contributed by atoms with Gasteiger partial charge in [0.05, 0.1) is 0 Å². The first-order valence-electron chi connectivity index (χ1n) is 10.5. The Kier molecular flexibility index (Phi) is 6.60. The number of aromatic nitrogens is 4. The molecular weight excluding hydrogens is 442 g/mol. The van der Waals surface area contributed by atoms with E-state index in [0.29, 0.717) is 35.3 Å². The van der Waals surface area contributed by atoms with Gasteiger partial charge in [-0.3, -0.25) is 4.79 Å². The molecule has 33 heavy (non-hydrogen) atoms. The second-order valence-electron chi connectivity index (χ2n) is 7.40. The van der Waals surface area contributed by atoms with Gasteiger partial charge in [0.15, 0.2) is 5.82 Å². The van der Waals surface area contributed by atoms with Crippen molar-refractivity contribution in [3.8, 4) is 22.8 Å². The standard InChI is InChI=1S/C23H24ClN7O2/c1-3-26-22-19(23-28-21(30-33-23)16-10-6-4-8-14(16)2)20(25)31(29-22)13-18(32)27-12-15-9-5-7-11-17(15)24/h4-11H,3,12-13,25H2,1-2H3,(H,26,29)(H,27,32). The number of benzene rings is 2. The minimum absolute atomic E-state index is 0.0759. The van der Waals surface area contributed by atoms with Crippen molar-refractivity contribution in [1.82, 2.24) is 25.2 Å². The minimum Gasteiger partial charge on any atom is -0.383 e. The number of rotatable bonds is 8. The van der Waals surface area contributed by atoms with Crippen LogP contribution in [0.1, 0.15) is 18.1 Å². The molecule has 0 unspecified atom stereocenters. The van der Waals surface area contributed by atoms with Crippen LogP contribution in [0.3, 0.4) is 0 Å². The summed E-state index contributed by atoms with van der Waals surface area (Å²) in [5.74, 6) is 1.14. The summed E-state index contributed by atoms with van der Waals surface area (Å²) in [7, 11) is 0. The van der Waals surface area contributed by atoms with E-state index in [1.807, 2.05) is 56.3 Å². The predicted octanol–water partition coefficient (Wildman–Crippen LogP) is 3.89. The molecule has 4 rings (SSSR count). The van der Waals surface area contributed by atoms with Crippen LogP contribution in [-0.2, 0) is 17.9 Å². The van der Waals surface area contributed by atoms with E-state index in [-0.39, 0.29) is 24.2 Å². The maximum atomic E-state index is 12.5. The highest BCUT2D eigenvalue weighted by Crippen LogP contribution is 2.34. The summed E-state index contributed by atoms with van der Waals surface area (Å²) in [6.07, 6.45) is 0. The first-order chi connectivity index (χ1) is 16.0. The van der Waals surface area contributed by atoms with E-state index in [1.54, 1.807) is 6.07 Å². The molecule has 2 aromatic carbocycles. The Morgan fingerprint density at radius 3 is 2.70 bits per heavy atom. The van der Waals surface area contributed by atoms with E-state index >= 15 is 0 Å². The van der Waals surface area contributed by atoms with Crippen LogP contribution in [0.25, 0.3) is 22.8 Å². The molecule has 0 bridgehead atoms. The van der Waals surface area contributed by atoms with Gasteiger partial charge >= 0.3 is 0 Å². The van der Waals surface area contributed by atoms with Crippen LogP contribution in [0, 0.1) is 6.92 Å².